The molecule has 0 aliphatic rings. The minimum atomic E-state index is -0.766. The van der Waals surface area contributed by atoms with Gasteiger partial charge in [0.05, 0.1) is 0 Å². The summed E-state index contributed by atoms with van der Waals surface area (Å²) in [6.45, 7) is 6.56. The van der Waals surface area contributed by atoms with Crippen molar-refractivity contribution < 1.29 is 28.6 Å². The highest BCUT2D eigenvalue weighted by atomic mass is 16.6. The highest BCUT2D eigenvalue weighted by Gasteiger charge is 2.19. The van der Waals surface area contributed by atoms with Gasteiger partial charge in [0.2, 0.25) is 0 Å². The van der Waals surface area contributed by atoms with E-state index in [1.807, 2.05) is 0 Å². The van der Waals surface area contributed by atoms with Crippen molar-refractivity contribution in [1.29, 1.82) is 0 Å². The van der Waals surface area contributed by atoms with Crippen LogP contribution in [0.5, 0.6) is 0 Å². The Kier molecular flexibility index (Phi) is 46.8. The third kappa shape index (κ3) is 46.8. The molecule has 6 nitrogen and oxygen atoms in total. The molecule has 6 heteroatoms. The molecule has 0 N–H and O–H groups in total. The van der Waals surface area contributed by atoms with Gasteiger partial charge in [-0.25, -0.2) is 0 Å². The number of ether oxygens (including phenoxy) is 3. The first-order chi connectivity index (χ1) is 29.0. The van der Waals surface area contributed by atoms with E-state index in [-0.39, 0.29) is 31.1 Å². The van der Waals surface area contributed by atoms with E-state index in [9.17, 15) is 14.4 Å². The highest BCUT2D eigenvalue weighted by Crippen LogP contribution is 2.16. The van der Waals surface area contributed by atoms with Gasteiger partial charge in [-0.05, 0) is 51.4 Å². The molecule has 0 saturated carbocycles. The second kappa shape index (κ2) is 48.6. The number of hydrogen-bond acceptors (Lipinski definition) is 6. The van der Waals surface area contributed by atoms with Crippen LogP contribution < -0.4 is 0 Å². The molecule has 0 bridgehead atoms. The van der Waals surface area contributed by atoms with Crippen LogP contribution in [0.2, 0.25) is 0 Å². The van der Waals surface area contributed by atoms with Gasteiger partial charge in [-0.2, -0.15) is 0 Å². The van der Waals surface area contributed by atoms with E-state index in [4.69, 9.17) is 14.2 Å². The monoisotopic (exact) mass is 831 g/mol. The smallest absolute Gasteiger partial charge is 0.306 e. The minimum Gasteiger partial charge on any atom is -0.462 e. The summed E-state index contributed by atoms with van der Waals surface area (Å²) in [5.74, 6) is -0.880. The third-order valence-corrected chi connectivity index (χ3v) is 11.5. The van der Waals surface area contributed by atoms with Crippen LogP contribution in [-0.4, -0.2) is 37.2 Å². The number of carbonyl (C=O) groups is 3. The van der Waals surface area contributed by atoms with Crippen LogP contribution in [0.4, 0.5) is 0 Å². The lowest BCUT2D eigenvalue weighted by atomic mass is 10.0. The third-order valence-electron chi connectivity index (χ3n) is 11.5. The average Bonchev–Trinajstić information content (AvgIpc) is 3.23. The predicted octanol–water partition coefficient (Wildman–Crippen LogP) is 16.8. The van der Waals surface area contributed by atoms with E-state index in [0.717, 1.165) is 77.0 Å². The molecule has 0 aromatic heterocycles. The lowest BCUT2D eigenvalue weighted by Crippen LogP contribution is -2.30. The maximum absolute atomic E-state index is 12.7. The Morgan fingerprint density at radius 1 is 0.339 bits per heavy atom. The molecule has 0 rings (SSSR count). The topological polar surface area (TPSA) is 78.9 Å². The van der Waals surface area contributed by atoms with E-state index in [1.165, 1.54) is 161 Å². The molecule has 0 aromatic rings. The van der Waals surface area contributed by atoms with Crippen LogP contribution in [0.1, 0.15) is 278 Å². The van der Waals surface area contributed by atoms with E-state index in [1.54, 1.807) is 0 Å². The van der Waals surface area contributed by atoms with Crippen molar-refractivity contribution >= 4 is 17.9 Å². The second-order valence-corrected chi connectivity index (χ2v) is 17.4. The van der Waals surface area contributed by atoms with Crippen molar-refractivity contribution in [3.05, 3.63) is 24.3 Å². The molecule has 0 saturated heterocycles. The summed E-state index contributed by atoms with van der Waals surface area (Å²) < 4.78 is 16.7. The number of hydrogen-bond donors (Lipinski definition) is 0. The molecule has 0 aliphatic heterocycles. The largest absolute Gasteiger partial charge is 0.462 e. The van der Waals surface area contributed by atoms with Crippen LogP contribution >= 0.6 is 0 Å². The highest BCUT2D eigenvalue weighted by molar-refractivity contribution is 5.71. The molecule has 0 amide bonds. The van der Waals surface area contributed by atoms with Gasteiger partial charge in [-0.3, -0.25) is 14.4 Å². The van der Waals surface area contributed by atoms with Gasteiger partial charge in [-0.1, -0.05) is 231 Å². The molecule has 0 radical (unpaired) electrons. The maximum atomic E-state index is 12.7. The molecular weight excluding hydrogens is 733 g/mol. The molecule has 0 aromatic carbocycles. The minimum absolute atomic E-state index is 0.0715. The first kappa shape index (κ1) is 56.9. The van der Waals surface area contributed by atoms with E-state index in [0.29, 0.717) is 19.3 Å². The summed E-state index contributed by atoms with van der Waals surface area (Å²) >= 11 is 0. The Morgan fingerprint density at radius 3 is 0.949 bits per heavy atom. The molecule has 0 fully saturated rings. The normalized spacial score (nSPS) is 12.1. The van der Waals surface area contributed by atoms with Gasteiger partial charge in [0, 0.05) is 19.3 Å². The maximum Gasteiger partial charge on any atom is 0.306 e. The van der Waals surface area contributed by atoms with Crippen molar-refractivity contribution in [2.75, 3.05) is 13.2 Å². The molecule has 0 heterocycles. The average molecular weight is 831 g/mol. The molecule has 1 unspecified atom stereocenters. The van der Waals surface area contributed by atoms with Gasteiger partial charge in [0.1, 0.15) is 13.2 Å². The molecular formula is C53H98O6. The summed E-state index contributed by atoms with van der Waals surface area (Å²) in [6, 6.07) is 0. The summed E-state index contributed by atoms with van der Waals surface area (Å²) in [6.07, 6.45) is 54.8. The van der Waals surface area contributed by atoms with E-state index in [2.05, 4.69) is 45.1 Å². The summed E-state index contributed by atoms with van der Waals surface area (Å²) in [7, 11) is 0. The van der Waals surface area contributed by atoms with Gasteiger partial charge in [-0.15, -0.1) is 0 Å². The standard InChI is InChI=1S/C53H98O6/c1-4-7-10-13-15-17-19-21-23-25-27-29-31-33-35-37-40-43-46-52(55)58-49-50(48-57-51(54)45-42-39-12-9-6-3)59-53(56)47-44-41-38-36-34-32-30-28-26-24-22-20-18-16-14-11-8-5-2/h17,19,23,25,50H,4-16,18,20-22,24,26-49H2,1-3H3/b19-17-,25-23-. The van der Waals surface area contributed by atoms with Crippen molar-refractivity contribution in [2.45, 2.75) is 284 Å². The van der Waals surface area contributed by atoms with Gasteiger partial charge < -0.3 is 14.2 Å². The second-order valence-electron chi connectivity index (χ2n) is 17.4. The fourth-order valence-electron chi connectivity index (χ4n) is 7.53. The Labute approximate surface area is 366 Å². The Balaban J connectivity index is 4.14. The van der Waals surface area contributed by atoms with E-state index < -0.39 is 6.10 Å². The fraction of sp³-hybridized carbons (Fsp3) is 0.868. The number of carbonyl (C=O) groups excluding carboxylic acids is 3. The van der Waals surface area contributed by atoms with E-state index >= 15 is 0 Å². The first-order valence-electron chi connectivity index (χ1n) is 25.8. The first-order valence-corrected chi connectivity index (χ1v) is 25.8. The molecule has 59 heavy (non-hydrogen) atoms. The lowest BCUT2D eigenvalue weighted by molar-refractivity contribution is -0.167. The molecule has 346 valence electrons. The zero-order chi connectivity index (χ0) is 43.0. The van der Waals surface area contributed by atoms with Crippen molar-refractivity contribution in [3.63, 3.8) is 0 Å². The lowest BCUT2D eigenvalue weighted by Gasteiger charge is -2.18. The van der Waals surface area contributed by atoms with Crippen molar-refractivity contribution in [3.8, 4) is 0 Å². The van der Waals surface area contributed by atoms with Crippen molar-refractivity contribution in [1.82, 2.24) is 0 Å². The fourth-order valence-corrected chi connectivity index (χ4v) is 7.53. The quantitative estimate of drug-likeness (QED) is 0.0263. The Morgan fingerprint density at radius 2 is 0.610 bits per heavy atom. The van der Waals surface area contributed by atoms with Gasteiger partial charge >= 0.3 is 17.9 Å². The molecule has 1 atom stereocenters. The Hall–Kier alpha value is -2.11. The number of allylic oxidation sites excluding steroid dienone is 4. The summed E-state index contributed by atoms with van der Waals surface area (Å²) in [5, 5.41) is 0. The zero-order valence-corrected chi connectivity index (χ0v) is 39.5. The van der Waals surface area contributed by atoms with Crippen molar-refractivity contribution in [2.24, 2.45) is 0 Å². The van der Waals surface area contributed by atoms with Crippen LogP contribution in [-0.2, 0) is 28.6 Å². The molecule has 0 spiro atoms. The molecule has 0 aliphatic carbocycles. The Bertz CT molecular complexity index is 958. The van der Waals surface area contributed by atoms with Crippen LogP contribution in [0.25, 0.3) is 0 Å². The van der Waals surface area contributed by atoms with Gasteiger partial charge in [0.15, 0.2) is 6.10 Å². The summed E-state index contributed by atoms with van der Waals surface area (Å²) in [5.41, 5.74) is 0. The number of esters is 3. The predicted molar refractivity (Wildman–Crippen MR) is 252 cm³/mol. The SMILES string of the molecule is CCCCCC/C=C\C/C=C\CCCCCCCCCC(=O)OCC(COC(=O)CCCCCCC)OC(=O)CCCCCCCCCCCCCCCCCCCC. The summed E-state index contributed by atoms with van der Waals surface area (Å²) in [4.78, 5) is 37.6. The number of unbranched alkanes of at least 4 members (excludes halogenated alkanes) is 32. The van der Waals surface area contributed by atoms with Gasteiger partial charge in [0.25, 0.3) is 0 Å². The van der Waals surface area contributed by atoms with Crippen LogP contribution in [0, 0.1) is 0 Å². The zero-order valence-electron chi connectivity index (χ0n) is 39.5. The van der Waals surface area contributed by atoms with Crippen LogP contribution in [0.3, 0.4) is 0 Å². The number of rotatable bonds is 47. The van der Waals surface area contributed by atoms with Crippen LogP contribution in [0.15, 0.2) is 24.3 Å².